The number of hydrogen-bond acceptors (Lipinski definition) is 2. The first-order chi connectivity index (χ1) is 9.74. The Kier molecular flexibility index (Phi) is 5.34. The Bertz CT molecular complexity index is 343. The van der Waals surface area contributed by atoms with E-state index in [2.05, 4.69) is 24.1 Å². The van der Waals surface area contributed by atoms with Crippen molar-refractivity contribution in [2.24, 2.45) is 23.2 Å². The van der Waals surface area contributed by atoms with Crippen molar-refractivity contribution in [3.05, 3.63) is 0 Å². The maximum absolute atomic E-state index is 12.3. The molecule has 122 valence electrons. The third kappa shape index (κ3) is 5.61. The summed E-state index contributed by atoms with van der Waals surface area (Å²) in [5, 5.41) is 3.31. The van der Waals surface area contributed by atoms with Crippen LogP contribution in [-0.2, 0) is 4.79 Å². The number of nitrogens with one attached hydrogen (secondary N) is 1. The normalized spacial score (nSPS) is 27.9. The second kappa shape index (κ2) is 6.68. The van der Waals surface area contributed by atoms with E-state index in [1.165, 1.54) is 32.2 Å². The van der Waals surface area contributed by atoms with Crippen LogP contribution in [0.1, 0.15) is 60.3 Å². The Morgan fingerprint density at radius 1 is 1.19 bits per heavy atom. The molecule has 0 aromatic heterocycles. The van der Waals surface area contributed by atoms with Gasteiger partial charge in [0.05, 0.1) is 0 Å². The molecule has 3 nitrogen and oxygen atoms in total. The summed E-state index contributed by atoms with van der Waals surface area (Å²) in [6.07, 6.45) is 5.41. The maximum Gasteiger partial charge on any atom is 0.225 e. The Balaban J connectivity index is 1.92. The molecule has 1 N–H and O–H groups in total. The van der Waals surface area contributed by atoms with E-state index in [1.807, 2.05) is 20.8 Å². The number of likely N-dealkylation sites (tertiary alicyclic amines) is 1. The van der Waals surface area contributed by atoms with Crippen LogP contribution in [0.2, 0.25) is 0 Å². The summed E-state index contributed by atoms with van der Waals surface area (Å²) in [6.45, 7) is 14.0. The molecule has 0 aromatic rings. The van der Waals surface area contributed by atoms with Crippen molar-refractivity contribution in [1.82, 2.24) is 10.2 Å². The van der Waals surface area contributed by atoms with Gasteiger partial charge in [-0.25, -0.2) is 0 Å². The Morgan fingerprint density at radius 2 is 1.86 bits per heavy atom. The Hall–Kier alpha value is -0.570. The molecule has 21 heavy (non-hydrogen) atoms. The molecule has 1 saturated carbocycles. The van der Waals surface area contributed by atoms with Crippen LogP contribution in [0, 0.1) is 23.2 Å². The first-order valence-electron chi connectivity index (χ1n) is 8.77. The third-order valence-corrected chi connectivity index (χ3v) is 4.62. The predicted molar refractivity (Wildman–Crippen MR) is 88.1 cm³/mol. The molecule has 2 fully saturated rings. The van der Waals surface area contributed by atoms with E-state index in [-0.39, 0.29) is 11.3 Å². The van der Waals surface area contributed by atoms with E-state index in [1.54, 1.807) is 0 Å². The van der Waals surface area contributed by atoms with Crippen molar-refractivity contribution in [1.29, 1.82) is 0 Å². The molecule has 0 radical (unpaired) electrons. The van der Waals surface area contributed by atoms with Gasteiger partial charge in [0, 0.05) is 31.1 Å². The average Bonchev–Trinajstić information content (AvgIpc) is 3.10. The van der Waals surface area contributed by atoms with Crippen LogP contribution < -0.4 is 5.32 Å². The molecule has 1 amide bonds. The molecule has 2 unspecified atom stereocenters. The lowest BCUT2D eigenvalue weighted by molar-refractivity contribution is -0.129. The number of amides is 1. The van der Waals surface area contributed by atoms with Crippen molar-refractivity contribution in [2.45, 2.75) is 66.3 Å². The lowest BCUT2D eigenvalue weighted by Crippen LogP contribution is -2.53. The first kappa shape index (κ1) is 16.8. The zero-order valence-electron chi connectivity index (χ0n) is 14.6. The van der Waals surface area contributed by atoms with Gasteiger partial charge >= 0.3 is 0 Å². The van der Waals surface area contributed by atoms with Gasteiger partial charge in [-0.3, -0.25) is 4.79 Å². The fourth-order valence-corrected chi connectivity index (χ4v) is 3.47. The van der Waals surface area contributed by atoms with Gasteiger partial charge in [-0.2, -0.15) is 0 Å². The predicted octanol–water partition coefficient (Wildman–Crippen LogP) is 3.30. The van der Waals surface area contributed by atoms with E-state index in [0.717, 1.165) is 24.9 Å². The van der Waals surface area contributed by atoms with Gasteiger partial charge in [0.1, 0.15) is 0 Å². The average molecular weight is 294 g/mol. The molecule has 0 spiro atoms. The van der Waals surface area contributed by atoms with E-state index < -0.39 is 0 Å². The topological polar surface area (TPSA) is 32.3 Å². The van der Waals surface area contributed by atoms with Crippen molar-refractivity contribution < 1.29 is 4.79 Å². The molecule has 2 rings (SSSR count). The van der Waals surface area contributed by atoms with Gasteiger partial charge < -0.3 is 10.2 Å². The van der Waals surface area contributed by atoms with Crippen molar-refractivity contribution in [2.75, 3.05) is 19.6 Å². The summed E-state index contributed by atoms with van der Waals surface area (Å²) in [6, 6.07) is 0.341. The molecular formula is C18H34N2O. The highest BCUT2D eigenvalue weighted by molar-refractivity contribution is 5.81. The number of carbonyl (C=O) groups is 1. The van der Waals surface area contributed by atoms with Crippen molar-refractivity contribution >= 4 is 5.91 Å². The molecule has 1 aliphatic carbocycles. The number of piperidine rings is 1. The van der Waals surface area contributed by atoms with E-state index >= 15 is 0 Å². The number of nitrogens with zero attached hydrogens (tertiary/aromatic N) is 1. The summed E-state index contributed by atoms with van der Waals surface area (Å²) < 4.78 is 0. The van der Waals surface area contributed by atoms with Gasteiger partial charge in [0.15, 0.2) is 0 Å². The van der Waals surface area contributed by atoms with Crippen LogP contribution in [0.25, 0.3) is 0 Å². The number of carbonyl (C=O) groups excluding carboxylic acids is 1. The lowest BCUT2D eigenvalue weighted by atomic mass is 9.88. The summed E-state index contributed by atoms with van der Waals surface area (Å²) in [4.78, 5) is 14.9. The van der Waals surface area contributed by atoms with Crippen molar-refractivity contribution in [3.8, 4) is 0 Å². The fourth-order valence-electron chi connectivity index (χ4n) is 3.47. The largest absolute Gasteiger partial charge is 0.352 e. The van der Waals surface area contributed by atoms with E-state index in [9.17, 15) is 4.79 Å². The number of rotatable bonds is 5. The minimum Gasteiger partial charge on any atom is -0.352 e. The minimum atomic E-state index is -0.285. The van der Waals surface area contributed by atoms with Gasteiger partial charge in [0.2, 0.25) is 5.91 Å². The zero-order chi connectivity index (χ0) is 15.6. The second-order valence-corrected chi connectivity index (χ2v) is 8.81. The molecule has 3 heteroatoms. The van der Waals surface area contributed by atoms with Crippen LogP contribution in [0.15, 0.2) is 0 Å². The highest BCUT2D eigenvalue weighted by atomic mass is 16.2. The van der Waals surface area contributed by atoms with Crippen LogP contribution in [0.3, 0.4) is 0 Å². The summed E-state index contributed by atoms with van der Waals surface area (Å²) in [5.41, 5.74) is -0.285. The maximum atomic E-state index is 12.3. The summed E-state index contributed by atoms with van der Waals surface area (Å²) in [7, 11) is 0. The summed E-state index contributed by atoms with van der Waals surface area (Å²) in [5.74, 6) is 2.65. The molecule has 2 aliphatic rings. The van der Waals surface area contributed by atoms with E-state index in [4.69, 9.17) is 0 Å². The fraction of sp³-hybridized carbons (Fsp3) is 0.944. The van der Waals surface area contributed by atoms with Gasteiger partial charge in [-0.1, -0.05) is 47.5 Å². The standard InChI is InChI=1S/C18H34N2O/c1-13(2)10-20-11-15(8-14-6-7-14)9-16(12-20)19-17(21)18(3,4)5/h13-16H,6-12H2,1-5H3,(H,19,21). The molecule has 0 bridgehead atoms. The summed E-state index contributed by atoms with van der Waals surface area (Å²) >= 11 is 0. The Labute approximate surface area is 130 Å². The third-order valence-electron chi connectivity index (χ3n) is 4.62. The van der Waals surface area contributed by atoms with Crippen LogP contribution in [0.4, 0.5) is 0 Å². The highest BCUT2D eigenvalue weighted by Gasteiger charge is 2.34. The van der Waals surface area contributed by atoms with Crippen LogP contribution in [0.5, 0.6) is 0 Å². The minimum absolute atomic E-state index is 0.198. The molecule has 0 aromatic carbocycles. The highest BCUT2D eigenvalue weighted by Crippen LogP contribution is 2.38. The molecule has 2 atom stereocenters. The zero-order valence-corrected chi connectivity index (χ0v) is 14.6. The number of hydrogen-bond donors (Lipinski definition) is 1. The van der Waals surface area contributed by atoms with Gasteiger partial charge in [-0.05, 0) is 30.6 Å². The lowest BCUT2D eigenvalue weighted by Gasteiger charge is -2.40. The quantitative estimate of drug-likeness (QED) is 0.844. The molecule has 1 heterocycles. The molecule has 1 aliphatic heterocycles. The molecular weight excluding hydrogens is 260 g/mol. The van der Waals surface area contributed by atoms with Gasteiger partial charge in [-0.15, -0.1) is 0 Å². The second-order valence-electron chi connectivity index (χ2n) is 8.81. The first-order valence-corrected chi connectivity index (χ1v) is 8.77. The smallest absolute Gasteiger partial charge is 0.225 e. The van der Waals surface area contributed by atoms with Crippen LogP contribution in [-0.4, -0.2) is 36.5 Å². The van der Waals surface area contributed by atoms with Crippen LogP contribution >= 0.6 is 0 Å². The Morgan fingerprint density at radius 3 is 2.38 bits per heavy atom. The van der Waals surface area contributed by atoms with Gasteiger partial charge in [0.25, 0.3) is 0 Å². The monoisotopic (exact) mass is 294 g/mol. The SMILES string of the molecule is CC(C)CN1CC(CC2CC2)CC(NC(=O)C(C)(C)C)C1. The van der Waals surface area contributed by atoms with E-state index in [0.29, 0.717) is 12.0 Å². The molecule has 1 saturated heterocycles. The van der Waals surface area contributed by atoms with Crippen molar-refractivity contribution in [3.63, 3.8) is 0 Å².